The predicted molar refractivity (Wildman–Crippen MR) is 108 cm³/mol. The summed E-state index contributed by atoms with van der Waals surface area (Å²) in [5.41, 5.74) is 5.54. The molecule has 27 heavy (non-hydrogen) atoms. The van der Waals surface area contributed by atoms with E-state index in [-0.39, 0.29) is 11.5 Å². The van der Waals surface area contributed by atoms with Gasteiger partial charge in [-0.1, -0.05) is 60.7 Å². The molecule has 1 aromatic heterocycles. The SMILES string of the molecule is Oc1ccc(Cc2nccc(-c3cccc(-c4ccccc4)c3)c2O)cc1. The van der Waals surface area contributed by atoms with Gasteiger partial charge in [-0.15, -0.1) is 0 Å². The van der Waals surface area contributed by atoms with E-state index in [1.54, 1.807) is 18.3 Å². The molecule has 2 N–H and O–H groups in total. The van der Waals surface area contributed by atoms with Crippen LogP contribution in [0.25, 0.3) is 22.3 Å². The van der Waals surface area contributed by atoms with E-state index < -0.39 is 0 Å². The zero-order chi connectivity index (χ0) is 18.6. The molecule has 4 aromatic rings. The van der Waals surface area contributed by atoms with Crippen molar-refractivity contribution in [3.05, 3.63) is 102 Å². The molecule has 0 aliphatic rings. The van der Waals surface area contributed by atoms with Crippen molar-refractivity contribution in [1.82, 2.24) is 4.98 Å². The normalized spacial score (nSPS) is 10.7. The molecule has 0 amide bonds. The average molecular weight is 353 g/mol. The van der Waals surface area contributed by atoms with Crippen LogP contribution in [0.15, 0.2) is 91.1 Å². The van der Waals surface area contributed by atoms with E-state index >= 15 is 0 Å². The number of benzene rings is 3. The fraction of sp³-hybridized carbons (Fsp3) is 0.0417. The van der Waals surface area contributed by atoms with Crippen molar-refractivity contribution in [3.63, 3.8) is 0 Å². The topological polar surface area (TPSA) is 53.4 Å². The van der Waals surface area contributed by atoms with E-state index in [1.165, 1.54) is 0 Å². The molecule has 0 fully saturated rings. The number of phenols is 1. The first-order valence-corrected chi connectivity index (χ1v) is 8.81. The minimum Gasteiger partial charge on any atom is -0.508 e. The number of phenolic OH excluding ortho intramolecular Hbond substituents is 1. The highest BCUT2D eigenvalue weighted by atomic mass is 16.3. The molecular weight excluding hydrogens is 334 g/mol. The summed E-state index contributed by atoms with van der Waals surface area (Å²) in [5.74, 6) is 0.415. The second-order valence-corrected chi connectivity index (χ2v) is 6.44. The van der Waals surface area contributed by atoms with Crippen LogP contribution in [0.5, 0.6) is 11.5 Å². The Bertz CT molecular complexity index is 1060. The lowest BCUT2D eigenvalue weighted by atomic mass is 9.97. The van der Waals surface area contributed by atoms with E-state index in [1.807, 2.05) is 48.5 Å². The van der Waals surface area contributed by atoms with Crippen LogP contribution < -0.4 is 0 Å². The van der Waals surface area contributed by atoms with Crippen molar-refractivity contribution in [2.24, 2.45) is 0 Å². The molecule has 0 bridgehead atoms. The Morgan fingerprint density at radius 2 is 1.37 bits per heavy atom. The molecule has 3 heteroatoms. The van der Waals surface area contributed by atoms with Crippen LogP contribution in [0, 0.1) is 0 Å². The molecule has 0 aliphatic heterocycles. The highest BCUT2D eigenvalue weighted by molar-refractivity contribution is 5.76. The standard InChI is InChI=1S/C24H19NO2/c26-21-11-9-17(10-12-21)15-23-24(27)22(13-14-25-23)20-8-4-7-19(16-20)18-5-2-1-3-6-18/h1-14,16,26-27H,15H2. The minimum atomic E-state index is 0.191. The van der Waals surface area contributed by atoms with Gasteiger partial charge in [0, 0.05) is 18.2 Å². The Labute approximate surface area is 158 Å². The molecule has 0 spiro atoms. The number of aromatic nitrogens is 1. The third kappa shape index (κ3) is 3.67. The molecule has 0 saturated heterocycles. The van der Waals surface area contributed by atoms with Crippen molar-refractivity contribution >= 4 is 0 Å². The van der Waals surface area contributed by atoms with Gasteiger partial charge in [-0.05, 0) is 46.5 Å². The molecule has 4 rings (SSSR count). The predicted octanol–water partition coefficient (Wildman–Crippen LogP) is 5.42. The lowest BCUT2D eigenvalue weighted by Gasteiger charge is -2.11. The summed E-state index contributed by atoms with van der Waals surface area (Å²) in [4.78, 5) is 4.35. The van der Waals surface area contributed by atoms with E-state index in [0.717, 1.165) is 27.8 Å². The Hall–Kier alpha value is -3.59. The largest absolute Gasteiger partial charge is 0.508 e. The highest BCUT2D eigenvalue weighted by Crippen LogP contribution is 2.34. The van der Waals surface area contributed by atoms with Gasteiger partial charge in [0.2, 0.25) is 0 Å². The van der Waals surface area contributed by atoms with Gasteiger partial charge >= 0.3 is 0 Å². The number of nitrogens with zero attached hydrogens (tertiary/aromatic N) is 1. The monoisotopic (exact) mass is 353 g/mol. The maximum absolute atomic E-state index is 10.8. The smallest absolute Gasteiger partial charge is 0.145 e. The molecular formula is C24H19NO2. The fourth-order valence-corrected chi connectivity index (χ4v) is 3.16. The summed E-state index contributed by atoms with van der Waals surface area (Å²) >= 11 is 0. The van der Waals surface area contributed by atoms with Crippen molar-refractivity contribution < 1.29 is 10.2 Å². The molecule has 0 aliphatic carbocycles. The second kappa shape index (κ2) is 7.34. The van der Waals surface area contributed by atoms with Gasteiger partial charge in [-0.3, -0.25) is 4.98 Å². The Kier molecular flexibility index (Phi) is 4.58. The molecule has 3 aromatic carbocycles. The number of hydrogen-bond donors (Lipinski definition) is 2. The first kappa shape index (κ1) is 16.9. The van der Waals surface area contributed by atoms with Crippen LogP contribution in [0.4, 0.5) is 0 Å². The first-order valence-electron chi connectivity index (χ1n) is 8.81. The van der Waals surface area contributed by atoms with Gasteiger partial charge in [0.25, 0.3) is 0 Å². The molecule has 3 nitrogen and oxygen atoms in total. The molecule has 132 valence electrons. The zero-order valence-corrected chi connectivity index (χ0v) is 14.7. The second-order valence-electron chi connectivity index (χ2n) is 6.44. The van der Waals surface area contributed by atoms with Crippen LogP contribution >= 0.6 is 0 Å². The fourth-order valence-electron chi connectivity index (χ4n) is 3.16. The summed E-state index contributed by atoms with van der Waals surface area (Å²) in [6.45, 7) is 0. The lowest BCUT2D eigenvalue weighted by Crippen LogP contribution is -1.94. The van der Waals surface area contributed by atoms with Gasteiger partial charge in [0.15, 0.2) is 0 Å². The molecule has 0 atom stereocenters. The average Bonchev–Trinajstić information content (AvgIpc) is 2.72. The summed E-state index contributed by atoms with van der Waals surface area (Å²) in [6.07, 6.45) is 2.22. The lowest BCUT2D eigenvalue weighted by molar-refractivity contribution is 0.467. The molecule has 0 unspecified atom stereocenters. The van der Waals surface area contributed by atoms with Crippen molar-refractivity contribution in [2.75, 3.05) is 0 Å². The number of aromatic hydroxyl groups is 2. The highest BCUT2D eigenvalue weighted by Gasteiger charge is 2.12. The number of pyridine rings is 1. The summed E-state index contributed by atoms with van der Waals surface area (Å²) in [7, 11) is 0. The van der Waals surface area contributed by atoms with Gasteiger partial charge in [0.1, 0.15) is 11.5 Å². The van der Waals surface area contributed by atoms with Gasteiger partial charge < -0.3 is 10.2 Å². The number of hydrogen-bond acceptors (Lipinski definition) is 3. The molecule has 0 saturated carbocycles. The molecule has 1 heterocycles. The first-order chi connectivity index (χ1) is 13.2. The van der Waals surface area contributed by atoms with E-state index in [9.17, 15) is 10.2 Å². The van der Waals surface area contributed by atoms with Gasteiger partial charge in [-0.2, -0.15) is 0 Å². The Morgan fingerprint density at radius 3 is 2.15 bits per heavy atom. The third-order valence-electron chi connectivity index (χ3n) is 4.59. The van der Waals surface area contributed by atoms with Gasteiger partial charge in [-0.25, -0.2) is 0 Å². The van der Waals surface area contributed by atoms with Crippen molar-refractivity contribution in [1.29, 1.82) is 0 Å². The van der Waals surface area contributed by atoms with Crippen molar-refractivity contribution in [3.8, 4) is 33.8 Å². The third-order valence-corrected chi connectivity index (χ3v) is 4.59. The van der Waals surface area contributed by atoms with E-state index in [0.29, 0.717) is 12.1 Å². The number of rotatable bonds is 4. The van der Waals surface area contributed by atoms with Gasteiger partial charge in [0.05, 0.1) is 5.69 Å². The van der Waals surface area contributed by atoms with E-state index in [4.69, 9.17) is 0 Å². The van der Waals surface area contributed by atoms with E-state index in [2.05, 4.69) is 29.2 Å². The minimum absolute atomic E-state index is 0.191. The zero-order valence-electron chi connectivity index (χ0n) is 14.7. The van der Waals surface area contributed by atoms with Crippen LogP contribution in [0.1, 0.15) is 11.3 Å². The maximum atomic E-state index is 10.8. The summed E-state index contributed by atoms with van der Waals surface area (Å²) in [5, 5.41) is 20.2. The molecule has 0 radical (unpaired) electrons. The van der Waals surface area contributed by atoms with Crippen LogP contribution in [-0.4, -0.2) is 15.2 Å². The van der Waals surface area contributed by atoms with Crippen LogP contribution in [0.2, 0.25) is 0 Å². The maximum Gasteiger partial charge on any atom is 0.145 e. The van der Waals surface area contributed by atoms with Crippen LogP contribution in [0.3, 0.4) is 0 Å². The van der Waals surface area contributed by atoms with Crippen molar-refractivity contribution in [2.45, 2.75) is 6.42 Å². The Morgan fingerprint density at radius 1 is 0.667 bits per heavy atom. The Balaban J connectivity index is 1.69. The summed E-state index contributed by atoms with van der Waals surface area (Å²) < 4.78 is 0. The van der Waals surface area contributed by atoms with Crippen LogP contribution in [-0.2, 0) is 6.42 Å². The summed E-state index contributed by atoms with van der Waals surface area (Å²) in [6, 6.07) is 27.1. The quantitative estimate of drug-likeness (QED) is 0.515.